The average Bonchev–Trinajstić information content (AvgIpc) is 2.15. The summed E-state index contributed by atoms with van der Waals surface area (Å²) >= 11 is 5.47. The summed E-state index contributed by atoms with van der Waals surface area (Å²) in [5.74, 6) is 0.131. The highest BCUT2D eigenvalue weighted by Gasteiger charge is 2.28. The molecular weight excluding hydrogens is 264 g/mol. The van der Waals surface area contributed by atoms with Gasteiger partial charge in [-0.1, -0.05) is 0 Å². The first-order valence-electron chi connectivity index (χ1n) is 5.73. The molecule has 7 heteroatoms. The Bertz CT molecular complexity index is 332. The summed E-state index contributed by atoms with van der Waals surface area (Å²) in [6.45, 7) is 6.35. The van der Waals surface area contributed by atoms with Gasteiger partial charge in [-0.05, 0) is 13.8 Å². The summed E-state index contributed by atoms with van der Waals surface area (Å²) in [5.41, 5.74) is -0.739. The molecule has 0 aliphatic carbocycles. The van der Waals surface area contributed by atoms with Crippen molar-refractivity contribution in [3.63, 3.8) is 0 Å². The van der Waals surface area contributed by atoms with E-state index in [0.29, 0.717) is 32.7 Å². The number of aliphatic hydroxyl groups is 1. The topological polar surface area (TPSA) is 60.9 Å². The minimum absolute atomic E-state index is 0.0000482. The molecule has 0 radical (unpaired) electrons. The molecule has 0 spiro atoms. The van der Waals surface area contributed by atoms with Gasteiger partial charge in [-0.15, -0.1) is 11.6 Å². The average molecular weight is 285 g/mol. The first-order valence-corrected chi connectivity index (χ1v) is 7.87. The van der Waals surface area contributed by atoms with E-state index in [9.17, 15) is 13.5 Å². The molecule has 1 saturated heterocycles. The minimum Gasteiger partial charge on any atom is -0.389 e. The van der Waals surface area contributed by atoms with Gasteiger partial charge in [0.2, 0.25) is 10.0 Å². The lowest BCUT2D eigenvalue weighted by molar-refractivity contribution is 0.0263. The number of hydrogen-bond donors (Lipinski definition) is 1. The van der Waals surface area contributed by atoms with Crippen molar-refractivity contribution < 1.29 is 13.5 Å². The summed E-state index contributed by atoms with van der Waals surface area (Å²) in [4.78, 5) is 2.08. The van der Waals surface area contributed by atoms with Gasteiger partial charge in [-0.2, -0.15) is 4.31 Å². The van der Waals surface area contributed by atoms with Gasteiger partial charge in [0, 0.05) is 38.6 Å². The molecule has 1 fully saturated rings. The highest BCUT2D eigenvalue weighted by molar-refractivity contribution is 7.89. The third kappa shape index (κ3) is 5.09. The Hall–Kier alpha value is 0.120. The molecule has 0 aromatic heterocycles. The predicted molar refractivity (Wildman–Crippen MR) is 68.8 cm³/mol. The highest BCUT2D eigenvalue weighted by atomic mass is 35.5. The monoisotopic (exact) mass is 284 g/mol. The van der Waals surface area contributed by atoms with E-state index in [-0.39, 0.29) is 11.6 Å². The Morgan fingerprint density at radius 1 is 1.24 bits per heavy atom. The van der Waals surface area contributed by atoms with E-state index in [1.807, 2.05) is 0 Å². The van der Waals surface area contributed by atoms with Crippen LogP contribution >= 0.6 is 11.6 Å². The molecule has 0 aromatic carbocycles. The molecule has 0 saturated carbocycles. The van der Waals surface area contributed by atoms with Crippen molar-refractivity contribution in [1.29, 1.82) is 0 Å². The molecule has 1 heterocycles. The zero-order chi connectivity index (χ0) is 13.1. The van der Waals surface area contributed by atoms with Gasteiger partial charge in [-0.25, -0.2) is 8.42 Å². The second kappa shape index (κ2) is 5.84. The van der Waals surface area contributed by atoms with E-state index in [1.165, 1.54) is 4.31 Å². The Labute approximate surface area is 108 Å². The fraction of sp³-hybridized carbons (Fsp3) is 1.00. The summed E-state index contributed by atoms with van der Waals surface area (Å²) < 4.78 is 25.0. The Balaban J connectivity index is 2.46. The fourth-order valence-electron chi connectivity index (χ4n) is 1.94. The zero-order valence-electron chi connectivity index (χ0n) is 10.4. The smallest absolute Gasteiger partial charge is 0.215 e. The molecule has 17 heavy (non-hydrogen) atoms. The van der Waals surface area contributed by atoms with Gasteiger partial charge in [-0.3, -0.25) is 4.90 Å². The fourth-order valence-corrected chi connectivity index (χ4v) is 3.70. The molecule has 1 N–H and O–H groups in total. The van der Waals surface area contributed by atoms with Crippen LogP contribution in [0, 0.1) is 0 Å². The van der Waals surface area contributed by atoms with E-state index in [2.05, 4.69) is 4.90 Å². The highest BCUT2D eigenvalue weighted by Crippen LogP contribution is 2.11. The molecule has 1 rings (SSSR count). The molecule has 0 aromatic rings. The first kappa shape index (κ1) is 15.2. The van der Waals surface area contributed by atoms with E-state index in [4.69, 9.17) is 11.6 Å². The third-order valence-electron chi connectivity index (χ3n) is 2.67. The number of nitrogens with zero attached hydrogens (tertiary/aromatic N) is 2. The van der Waals surface area contributed by atoms with Crippen LogP contribution in [-0.2, 0) is 10.0 Å². The molecule has 102 valence electrons. The normalized spacial score (nSPS) is 20.7. The zero-order valence-corrected chi connectivity index (χ0v) is 12.0. The Morgan fingerprint density at radius 3 is 2.18 bits per heavy atom. The van der Waals surface area contributed by atoms with Crippen molar-refractivity contribution in [3.8, 4) is 0 Å². The molecular formula is C10H21ClN2O3S. The van der Waals surface area contributed by atoms with Crippen LogP contribution in [0.2, 0.25) is 0 Å². The van der Waals surface area contributed by atoms with E-state index < -0.39 is 15.6 Å². The van der Waals surface area contributed by atoms with Gasteiger partial charge in [0.25, 0.3) is 0 Å². The van der Waals surface area contributed by atoms with Crippen LogP contribution in [0.25, 0.3) is 0 Å². The standard InChI is InChI=1S/C10H21ClN2O3S/c1-10(2,14)9-12-4-6-13(7-5-12)17(15,16)8-3-11/h14H,3-9H2,1-2H3. The summed E-state index contributed by atoms with van der Waals surface area (Å²) in [6.07, 6.45) is 0. The number of hydrogen-bond acceptors (Lipinski definition) is 4. The molecule has 5 nitrogen and oxygen atoms in total. The SMILES string of the molecule is CC(C)(O)CN1CCN(S(=O)(=O)CCCl)CC1. The van der Waals surface area contributed by atoms with E-state index in [0.717, 1.165) is 0 Å². The van der Waals surface area contributed by atoms with Crippen molar-refractivity contribution >= 4 is 21.6 Å². The number of halogens is 1. The minimum atomic E-state index is -3.19. The van der Waals surface area contributed by atoms with Gasteiger partial charge in [0.05, 0.1) is 11.4 Å². The van der Waals surface area contributed by atoms with Crippen molar-refractivity contribution in [3.05, 3.63) is 0 Å². The number of β-amino-alcohol motifs (C(OH)–C–C–N with tert-alkyl or cyclic N) is 1. The van der Waals surface area contributed by atoms with Crippen LogP contribution in [0.1, 0.15) is 13.8 Å². The van der Waals surface area contributed by atoms with Crippen LogP contribution in [0.3, 0.4) is 0 Å². The van der Waals surface area contributed by atoms with Crippen LogP contribution in [0.4, 0.5) is 0 Å². The van der Waals surface area contributed by atoms with Crippen molar-refractivity contribution in [2.75, 3.05) is 44.4 Å². The van der Waals surface area contributed by atoms with Gasteiger partial charge in [0.1, 0.15) is 0 Å². The number of sulfonamides is 1. The van der Waals surface area contributed by atoms with Crippen LogP contribution in [0.15, 0.2) is 0 Å². The van der Waals surface area contributed by atoms with Gasteiger partial charge < -0.3 is 5.11 Å². The van der Waals surface area contributed by atoms with Gasteiger partial charge >= 0.3 is 0 Å². The lowest BCUT2D eigenvalue weighted by atomic mass is 10.1. The van der Waals surface area contributed by atoms with Crippen molar-refractivity contribution in [1.82, 2.24) is 9.21 Å². The predicted octanol–water partition coefficient (Wildman–Crippen LogP) is -0.0565. The Kier molecular flexibility index (Phi) is 5.21. The molecule has 0 atom stereocenters. The molecule has 1 aliphatic heterocycles. The van der Waals surface area contributed by atoms with E-state index in [1.54, 1.807) is 13.8 Å². The summed E-state index contributed by atoms with van der Waals surface area (Å²) in [7, 11) is -3.19. The van der Waals surface area contributed by atoms with Crippen LogP contribution < -0.4 is 0 Å². The van der Waals surface area contributed by atoms with Crippen molar-refractivity contribution in [2.24, 2.45) is 0 Å². The number of piperazine rings is 1. The number of rotatable bonds is 5. The largest absolute Gasteiger partial charge is 0.389 e. The van der Waals surface area contributed by atoms with Gasteiger partial charge in [0.15, 0.2) is 0 Å². The summed E-state index contributed by atoms with van der Waals surface area (Å²) in [5, 5.41) is 9.69. The summed E-state index contributed by atoms with van der Waals surface area (Å²) in [6, 6.07) is 0. The molecule has 0 bridgehead atoms. The number of alkyl halides is 1. The molecule has 0 unspecified atom stereocenters. The second-order valence-corrected chi connectivity index (χ2v) is 7.46. The van der Waals surface area contributed by atoms with Crippen LogP contribution in [-0.4, -0.2) is 72.7 Å². The molecule has 1 aliphatic rings. The second-order valence-electron chi connectivity index (χ2n) is 4.99. The third-order valence-corrected chi connectivity index (χ3v) is 4.96. The maximum atomic E-state index is 11.8. The Morgan fingerprint density at radius 2 is 1.76 bits per heavy atom. The molecule has 0 amide bonds. The lowest BCUT2D eigenvalue weighted by Crippen LogP contribution is -2.52. The first-order chi connectivity index (χ1) is 7.74. The van der Waals surface area contributed by atoms with E-state index >= 15 is 0 Å². The maximum Gasteiger partial charge on any atom is 0.215 e. The van der Waals surface area contributed by atoms with Crippen molar-refractivity contribution in [2.45, 2.75) is 19.4 Å². The lowest BCUT2D eigenvalue weighted by Gasteiger charge is -2.36. The quantitative estimate of drug-likeness (QED) is 0.719. The van der Waals surface area contributed by atoms with Crippen LogP contribution in [0.5, 0.6) is 0 Å². The maximum absolute atomic E-state index is 11.8.